The Labute approximate surface area is 103 Å². The normalized spacial score (nSPS) is 11.2. The summed E-state index contributed by atoms with van der Waals surface area (Å²) in [5.41, 5.74) is 0. The Balaban J connectivity index is 2.88. The molecule has 16 heavy (non-hydrogen) atoms. The Hall–Kier alpha value is -0.0400. The Morgan fingerprint density at radius 2 is 1.12 bits per heavy atom. The highest BCUT2D eigenvalue weighted by Gasteiger charge is 1.95. The molecule has 0 fully saturated rings. The summed E-state index contributed by atoms with van der Waals surface area (Å²) >= 11 is 0. The van der Waals surface area contributed by atoms with Gasteiger partial charge in [0.2, 0.25) is 0 Å². The minimum atomic E-state index is 0.896. The van der Waals surface area contributed by atoms with Crippen molar-refractivity contribution in [1.82, 2.24) is 5.32 Å². The zero-order valence-electron chi connectivity index (χ0n) is 11.9. The van der Waals surface area contributed by atoms with Gasteiger partial charge in [-0.25, -0.2) is 0 Å². The maximum atomic E-state index is 3.20. The van der Waals surface area contributed by atoms with Gasteiger partial charge in [0.1, 0.15) is 0 Å². The fourth-order valence-corrected chi connectivity index (χ4v) is 2.09. The molecule has 0 atom stereocenters. The fourth-order valence-electron chi connectivity index (χ4n) is 2.09. The van der Waals surface area contributed by atoms with Gasteiger partial charge in [-0.2, -0.15) is 0 Å². The SMILES string of the molecule is CNCCCCCCCCCCCC(C)C. The summed E-state index contributed by atoms with van der Waals surface area (Å²) < 4.78 is 0. The molecule has 0 saturated heterocycles. The third kappa shape index (κ3) is 14.0. The lowest BCUT2D eigenvalue weighted by atomic mass is 10.0. The summed E-state index contributed by atoms with van der Waals surface area (Å²) in [6, 6.07) is 0. The molecule has 0 aliphatic carbocycles. The second-order valence-electron chi connectivity index (χ2n) is 5.47. The first kappa shape index (κ1) is 16.0. The second-order valence-corrected chi connectivity index (χ2v) is 5.47. The van der Waals surface area contributed by atoms with Crippen molar-refractivity contribution in [3.63, 3.8) is 0 Å². The zero-order chi connectivity index (χ0) is 12.1. The van der Waals surface area contributed by atoms with Crippen molar-refractivity contribution in [2.24, 2.45) is 5.92 Å². The Kier molecular flexibility index (Phi) is 13.0. The molecule has 0 aromatic rings. The van der Waals surface area contributed by atoms with E-state index in [-0.39, 0.29) is 0 Å². The lowest BCUT2D eigenvalue weighted by Crippen LogP contribution is -2.06. The average molecular weight is 227 g/mol. The standard InChI is InChI=1S/C15H33N/c1-15(2)13-11-9-7-5-4-6-8-10-12-14-16-3/h15-16H,4-14H2,1-3H3. The molecule has 0 aliphatic heterocycles. The van der Waals surface area contributed by atoms with Crippen LogP contribution in [0.25, 0.3) is 0 Å². The molecular weight excluding hydrogens is 194 g/mol. The van der Waals surface area contributed by atoms with E-state index < -0.39 is 0 Å². The molecule has 0 rings (SSSR count). The summed E-state index contributed by atoms with van der Waals surface area (Å²) in [5, 5.41) is 3.20. The molecule has 0 saturated carbocycles. The largest absolute Gasteiger partial charge is 0.320 e. The summed E-state index contributed by atoms with van der Waals surface area (Å²) in [4.78, 5) is 0. The first-order valence-corrected chi connectivity index (χ1v) is 7.42. The van der Waals surface area contributed by atoms with Crippen LogP contribution in [0, 0.1) is 5.92 Å². The summed E-state index contributed by atoms with van der Waals surface area (Å²) in [6.45, 7) is 5.84. The predicted molar refractivity (Wildman–Crippen MR) is 74.9 cm³/mol. The number of hydrogen-bond acceptors (Lipinski definition) is 1. The lowest BCUT2D eigenvalue weighted by molar-refractivity contribution is 0.505. The third-order valence-electron chi connectivity index (χ3n) is 3.21. The van der Waals surface area contributed by atoms with E-state index in [2.05, 4.69) is 19.2 Å². The van der Waals surface area contributed by atoms with Gasteiger partial charge in [0.25, 0.3) is 0 Å². The molecule has 0 spiro atoms. The maximum absolute atomic E-state index is 3.20. The quantitative estimate of drug-likeness (QED) is 0.474. The molecule has 0 aromatic heterocycles. The minimum Gasteiger partial charge on any atom is -0.320 e. The highest BCUT2D eigenvalue weighted by molar-refractivity contribution is 4.50. The van der Waals surface area contributed by atoms with Crippen LogP contribution in [0.15, 0.2) is 0 Å². The highest BCUT2D eigenvalue weighted by atomic mass is 14.8. The van der Waals surface area contributed by atoms with E-state index in [0.29, 0.717) is 0 Å². The van der Waals surface area contributed by atoms with Gasteiger partial charge in [-0.3, -0.25) is 0 Å². The van der Waals surface area contributed by atoms with Crippen LogP contribution in [-0.4, -0.2) is 13.6 Å². The highest BCUT2D eigenvalue weighted by Crippen LogP contribution is 2.12. The van der Waals surface area contributed by atoms with Gasteiger partial charge in [0, 0.05) is 0 Å². The van der Waals surface area contributed by atoms with Crippen molar-refractivity contribution in [1.29, 1.82) is 0 Å². The number of unbranched alkanes of at least 4 members (excludes halogenated alkanes) is 8. The number of rotatable bonds is 12. The molecule has 0 aromatic carbocycles. The van der Waals surface area contributed by atoms with Crippen LogP contribution in [-0.2, 0) is 0 Å². The van der Waals surface area contributed by atoms with E-state index in [1.54, 1.807) is 0 Å². The maximum Gasteiger partial charge on any atom is -0.00519 e. The van der Waals surface area contributed by atoms with E-state index in [4.69, 9.17) is 0 Å². The van der Waals surface area contributed by atoms with E-state index in [1.165, 1.54) is 70.8 Å². The summed E-state index contributed by atoms with van der Waals surface area (Å²) in [6.07, 6.45) is 14.4. The zero-order valence-corrected chi connectivity index (χ0v) is 11.9. The molecule has 1 heteroatoms. The van der Waals surface area contributed by atoms with Crippen LogP contribution >= 0.6 is 0 Å². The number of hydrogen-bond donors (Lipinski definition) is 1. The van der Waals surface area contributed by atoms with E-state index in [0.717, 1.165) is 5.92 Å². The van der Waals surface area contributed by atoms with Gasteiger partial charge in [-0.15, -0.1) is 0 Å². The fraction of sp³-hybridized carbons (Fsp3) is 1.00. The van der Waals surface area contributed by atoms with Crippen LogP contribution < -0.4 is 5.32 Å². The molecule has 0 bridgehead atoms. The molecular formula is C15H33N. The molecule has 0 heterocycles. The summed E-state index contributed by atoms with van der Waals surface area (Å²) in [7, 11) is 2.04. The van der Waals surface area contributed by atoms with Crippen molar-refractivity contribution in [3.8, 4) is 0 Å². The van der Waals surface area contributed by atoms with Gasteiger partial charge in [0.15, 0.2) is 0 Å². The summed E-state index contributed by atoms with van der Waals surface area (Å²) in [5.74, 6) is 0.896. The minimum absolute atomic E-state index is 0.896. The van der Waals surface area contributed by atoms with Crippen LogP contribution in [0.5, 0.6) is 0 Å². The molecule has 1 N–H and O–H groups in total. The average Bonchev–Trinajstić information content (AvgIpc) is 2.25. The molecule has 0 radical (unpaired) electrons. The van der Waals surface area contributed by atoms with Crippen molar-refractivity contribution in [3.05, 3.63) is 0 Å². The Bertz CT molecular complexity index is 121. The van der Waals surface area contributed by atoms with Gasteiger partial charge < -0.3 is 5.32 Å². The Morgan fingerprint density at radius 3 is 1.56 bits per heavy atom. The monoisotopic (exact) mass is 227 g/mol. The van der Waals surface area contributed by atoms with Crippen molar-refractivity contribution in [2.75, 3.05) is 13.6 Å². The molecule has 0 amide bonds. The topological polar surface area (TPSA) is 12.0 Å². The van der Waals surface area contributed by atoms with Crippen LogP contribution in [0.3, 0.4) is 0 Å². The van der Waals surface area contributed by atoms with Crippen LogP contribution in [0.1, 0.15) is 78.1 Å². The number of nitrogens with one attached hydrogen (secondary N) is 1. The Morgan fingerprint density at radius 1 is 0.688 bits per heavy atom. The van der Waals surface area contributed by atoms with Gasteiger partial charge in [-0.05, 0) is 25.9 Å². The predicted octanol–water partition coefficient (Wildman–Crippen LogP) is 4.76. The van der Waals surface area contributed by atoms with Gasteiger partial charge in [-0.1, -0.05) is 71.6 Å². The van der Waals surface area contributed by atoms with Crippen LogP contribution in [0.2, 0.25) is 0 Å². The molecule has 98 valence electrons. The van der Waals surface area contributed by atoms with Crippen molar-refractivity contribution < 1.29 is 0 Å². The van der Waals surface area contributed by atoms with E-state index >= 15 is 0 Å². The lowest BCUT2D eigenvalue weighted by Gasteiger charge is -2.04. The smallest absolute Gasteiger partial charge is 0.00519 e. The molecule has 0 unspecified atom stereocenters. The molecule has 0 aliphatic rings. The van der Waals surface area contributed by atoms with E-state index in [1.807, 2.05) is 7.05 Å². The third-order valence-corrected chi connectivity index (χ3v) is 3.21. The van der Waals surface area contributed by atoms with Crippen molar-refractivity contribution in [2.45, 2.75) is 78.1 Å². The van der Waals surface area contributed by atoms with E-state index in [9.17, 15) is 0 Å². The molecule has 1 nitrogen and oxygen atoms in total. The van der Waals surface area contributed by atoms with Gasteiger partial charge in [0.05, 0.1) is 0 Å². The second kappa shape index (κ2) is 13.0. The van der Waals surface area contributed by atoms with Crippen LogP contribution in [0.4, 0.5) is 0 Å². The van der Waals surface area contributed by atoms with Crippen molar-refractivity contribution >= 4 is 0 Å². The first-order chi connectivity index (χ1) is 7.77. The van der Waals surface area contributed by atoms with Gasteiger partial charge >= 0.3 is 0 Å². The first-order valence-electron chi connectivity index (χ1n) is 7.42.